The van der Waals surface area contributed by atoms with Crippen molar-refractivity contribution in [1.29, 1.82) is 0 Å². The summed E-state index contributed by atoms with van der Waals surface area (Å²) < 4.78 is 0. The second-order valence-electron chi connectivity index (χ2n) is 3.20. The monoisotopic (exact) mass is 254 g/mol. The predicted molar refractivity (Wildman–Crippen MR) is 81.5 cm³/mol. The highest BCUT2D eigenvalue weighted by molar-refractivity contribution is 8.00. The molecule has 98 valence electrons. The molecule has 0 heterocycles. The van der Waals surface area contributed by atoms with Gasteiger partial charge in [0.05, 0.1) is 0 Å². The summed E-state index contributed by atoms with van der Waals surface area (Å²) in [5, 5.41) is 5.15. The van der Waals surface area contributed by atoms with E-state index in [1.54, 1.807) is 0 Å². The summed E-state index contributed by atoms with van der Waals surface area (Å²) in [7, 11) is 0. The molecule has 0 atom stereocenters. The van der Waals surface area contributed by atoms with Crippen LogP contribution < -0.4 is 10.9 Å². The fourth-order valence-electron chi connectivity index (χ4n) is 0.807. The Bertz CT molecular complexity index is 290. The molecule has 0 spiro atoms. The van der Waals surface area contributed by atoms with Crippen molar-refractivity contribution in [3.05, 3.63) is 46.5 Å². The maximum atomic E-state index is 5.33. The molecule has 0 aromatic heterocycles. The molecule has 0 bridgehead atoms. The van der Waals surface area contributed by atoms with E-state index in [1.807, 2.05) is 33.8 Å². The van der Waals surface area contributed by atoms with E-state index >= 15 is 0 Å². The van der Waals surface area contributed by atoms with Crippen LogP contribution in [0.1, 0.15) is 40.2 Å². The second-order valence-corrected chi connectivity index (χ2v) is 4.04. The fraction of sp³-hybridized carbons (Fsp3) is 0.429. The van der Waals surface area contributed by atoms with E-state index in [9.17, 15) is 0 Å². The Labute approximate surface area is 111 Å². The Balaban J connectivity index is 0. The highest BCUT2D eigenvalue weighted by atomic mass is 32.2. The van der Waals surface area contributed by atoms with Crippen LogP contribution in [0.4, 0.5) is 0 Å². The van der Waals surface area contributed by atoms with Crippen molar-refractivity contribution < 1.29 is 0 Å². The van der Waals surface area contributed by atoms with E-state index in [-0.39, 0.29) is 0 Å². The summed E-state index contributed by atoms with van der Waals surface area (Å²) >= 11 is 1.19. The van der Waals surface area contributed by atoms with E-state index in [4.69, 9.17) is 10.9 Å². The molecule has 4 N–H and O–H groups in total. The van der Waals surface area contributed by atoms with E-state index in [0.717, 1.165) is 17.0 Å². The lowest BCUT2D eigenvalue weighted by Crippen LogP contribution is -1.94. The van der Waals surface area contributed by atoms with Crippen molar-refractivity contribution in [2.45, 2.75) is 41.0 Å². The molecule has 0 saturated carbocycles. The van der Waals surface area contributed by atoms with Gasteiger partial charge in [0.25, 0.3) is 0 Å². The minimum Gasteiger partial charge on any atom is -0.402 e. The zero-order valence-electron chi connectivity index (χ0n) is 11.7. The Kier molecular flexibility index (Phi) is 14.2. The van der Waals surface area contributed by atoms with Gasteiger partial charge in [0.2, 0.25) is 0 Å². The number of nitrogens with two attached hydrogens (primary N) is 2. The zero-order chi connectivity index (χ0) is 13.7. The summed E-state index contributed by atoms with van der Waals surface area (Å²) in [6.45, 7) is 9.88. The molecule has 3 heteroatoms. The molecule has 0 saturated heterocycles. The second kappa shape index (κ2) is 13.1. The Morgan fingerprint density at radius 3 is 1.76 bits per heavy atom. The molecule has 0 aliphatic rings. The van der Waals surface area contributed by atoms with Crippen molar-refractivity contribution in [2.75, 3.05) is 0 Å². The van der Waals surface area contributed by atoms with E-state index in [0.29, 0.717) is 0 Å². The lowest BCUT2D eigenvalue weighted by atomic mass is 10.2. The topological polar surface area (TPSA) is 52.0 Å². The van der Waals surface area contributed by atoms with Crippen LogP contribution in [-0.4, -0.2) is 0 Å². The third-order valence-corrected chi connectivity index (χ3v) is 2.66. The van der Waals surface area contributed by atoms with Gasteiger partial charge in [0.15, 0.2) is 0 Å². The van der Waals surface area contributed by atoms with Crippen molar-refractivity contribution in [3.8, 4) is 0 Å². The van der Waals surface area contributed by atoms with E-state index in [1.165, 1.54) is 17.5 Å². The first-order valence-corrected chi connectivity index (χ1v) is 6.83. The molecule has 0 aliphatic carbocycles. The lowest BCUT2D eigenvalue weighted by molar-refractivity contribution is 1.14. The van der Waals surface area contributed by atoms with Crippen LogP contribution in [0.2, 0.25) is 0 Å². The lowest BCUT2D eigenvalue weighted by Gasteiger charge is -1.93. The van der Waals surface area contributed by atoms with Gasteiger partial charge >= 0.3 is 0 Å². The van der Waals surface area contributed by atoms with Gasteiger partial charge < -0.3 is 5.73 Å². The molecular formula is C14H26N2S. The highest BCUT2D eigenvalue weighted by Crippen LogP contribution is 2.07. The first kappa shape index (κ1) is 18.4. The largest absolute Gasteiger partial charge is 0.402 e. The van der Waals surface area contributed by atoms with Crippen LogP contribution in [0.15, 0.2) is 40.9 Å². The first-order chi connectivity index (χ1) is 8.11. The van der Waals surface area contributed by atoms with Crippen LogP contribution >= 0.6 is 11.9 Å². The zero-order valence-corrected chi connectivity index (χ0v) is 12.5. The molecule has 0 radical (unpaired) electrons. The number of hydrogen-bond acceptors (Lipinski definition) is 3. The van der Waals surface area contributed by atoms with Crippen LogP contribution in [0, 0.1) is 0 Å². The normalized spacial score (nSPS) is 10.2. The molecule has 0 fully saturated rings. The van der Waals surface area contributed by atoms with Crippen LogP contribution in [0.3, 0.4) is 0 Å². The van der Waals surface area contributed by atoms with E-state index in [2.05, 4.69) is 31.2 Å². The molecule has 1 aromatic rings. The summed E-state index contributed by atoms with van der Waals surface area (Å²) in [4.78, 5) is 0.986. The van der Waals surface area contributed by atoms with Crippen LogP contribution in [-0.2, 0) is 6.42 Å². The molecule has 17 heavy (non-hydrogen) atoms. The predicted octanol–water partition coefficient (Wildman–Crippen LogP) is 4.08. The summed E-state index contributed by atoms with van der Waals surface area (Å²) in [5.41, 5.74) is 7.53. The number of rotatable bonds is 2. The Hall–Kier alpha value is -0.930. The summed E-state index contributed by atoms with van der Waals surface area (Å²) in [6, 6.07) is 10.5. The number of aryl methyl sites for hydroxylation is 1. The van der Waals surface area contributed by atoms with Gasteiger partial charge in [-0.15, -0.1) is 0 Å². The summed E-state index contributed by atoms with van der Waals surface area (Å²) in [6.07, 6.45) is 1.14. The standard InChI is InChI=1S/C8H10.C4H10N2S.C2H6/c1-2-8-6-4-3-5-7-8;1-3(5)4(2)7-6;1-2/h3-7H,2H2,1H3;5-6H2,1-2H3;1-2H3/b;4-3-;. The van der Waals surface area contributed by atoms with Crippen LogP contribution in [0.25, 0.3) is 0 Å². The quantitative estimate of drug-likeness (QED) is 0.782. The van der Waals surface area contributed by atoms with Crippen molar-refractivity contribution in [3.63, 3.8) is 0 Å². The molecule has 0 amide bonds. The van der Waals surface area contributed by atoms with Crippen molar-refractivity contribution in [1.82, 2.24) is 0 Å². The van der Waals surface area contributed by atoms with Gasteiger partial charge in [-0.1, -0.05) is 63.1 Å². The average molecular weight is 254 g/mol. The van der Waals surface area contributed by atoms with Crippen molar-refractivity contribution >= 4 is 11.9 Å². The maximum Gasteiger partial charge on any atom is 0.0156 e. The van der Waals surface area contributed by atoms with Gasteiger partial charge in [-0.05, 0) is 25.8 Å². The SMILES string of the molecule is C/C(N)=C(\C)SN.CC.CCc1ccccc1. The van der Waals surface area contributed by atoms with Gasteiger partial charge in [-0.2, -0.15) is 0 Å². The maximum absolute atomic E-state index is 5.33. The third kappa shape index (κ3) is 11.3. The molecule has 0 aliphatic heterocycles. The number of allylic oxidation sites excluding steroid dienone is 2. The first-order valence-electron chi connectivity index (χ1n) is 5.95. The molecule has 0 unspecified atom stereocenters. The Morgan fingerprint density at radius 1 is 1.12 bits per heavy atom. The molecule has 2 nitrogen and oxygen atoms in total. The Morgan fingerprint density at radius 2 is 1.59 bits per heavy atom. The van der Waals surface area contributed by atoms with Gasteiger partial charge in [0, 0.05) is 10.6 Å². The van der Waals surface area contributed by atoms with Gasteiger partial charge in [-0.3, -0.25) is 5.14 Å². The average Bonchev–Trinajstić information content (AvgIpc) is 2.41. The highest BCUT2D eigenvalue weighted by Gasteiger charge is 1.85. The number of hydrogen-bond donors (Lipinski definition) is 2. The molecule has 1 rings (SSSR count). The number of benzene rings is 1. The van der Waals surface area contributed by atoms with Gasteiger partial charge in [-0.25, -0.2) is 0 Å². The van der Waals surface area contributed by atoms with E-state index < -0.39 is 0 Å². The minimum absolute atomic E-state index is 0.799. The fourth-order valence-corrected chi connectivity index (χ4v) is 0.993. The molecule has 1 aromatic carbocycles. The van der Waals surface area contributed by atoms with Gasteiger partial charge in [0.1, 0.15) is 0 Å². The van der Waals surface area contributed by atoms with Crippen molar-refractivity contribution in [2.24, 2.45) is 10.9 Å². The third-order valence-electron chi connectivity index (χ3n) is 1.98. The molecular weight excluding hydrogens is 228 g/mol. The summed E-state index contributed by atoms with van der Waals surface area (Å²) in [5.74, 6) is 0. The minimum atomic E-state index is 0.799. The van der Waals surface area contributed by atoms with Crippen LogP contribution in [0.5, 0.6) is 0 Å². The smallest absolute Gasteiger partial charge is 0.0156 e.